The van der Waals surface area contributed by atoms with Crippen molar-refractivity contribution in [2.24, 2.45) is 0 Å². The molecule has 1 aliphatic heterocycles. The molecule has 0 N–H and O–H groups in total. The van der Waals surface area contributed by atoms with Crippen LogP contribution in [0.3, 0.4) is 0 Å². The zero-order valence-electron chi connectivity index (χ0n) is 12.7. The summed E-state index contributed by atoms with van der Waals surface area (Å²) < 4.78 is 23.1. The van der Waals surface area contributed by atoms with Crippen molar-refractivity contribution in [3.8, 4) is 0 Å². The number of rotatable bonds is 6. The van der Waals surface area contributed by atoms with Crippen molar-refractivity contribution in [2.45, 2.75) is 32.2 Å². The number of benzene rings is 1. The van der Waals surface area contributed by atoms with Gasteiger partial charge in [0.25, 0.3) is 0 Å². The summed E-state index contributed by atoms with van der Waals surface area (Å²) >= 11 is 0. The van der Waals surface area contributed by atoms with Crippen LogP contribution in [0, 0.1) is 0 Å². The smallest absolute Gasteiger partial charge is 0.223 e. The topological polar surface area (TPSA) is 71.5 Å². The van der Waals surface area contributed by atoms with Crippen LogP contribution in [0.15, 0.2) is 30.3 Å². The van der Waals surface area contributed by atoms with Crippen molar-refractivity contribution in [1.29, 1.82) is 0 Å². The van der Waals surface area contributed by atoms with Crippen molar-refractivity contribution < 1.29 is 18.0 Å². The van der Waals surface area contributed by atoms with Crippen LogP contribution in [0.1, 0.15) is 36.5 Å². The van der Waals surface area contributed by atoms with Gasteiger partial charge in [0.05, 0.1) is 11.5 Å². The minimum absolute atomic E-state index is 0.0409. The van der Waals surface area contributed by atoms with E-state index in [4.69, 9.17) is 0 Å². The van der Waals surface area contributed by atoms with Crippen molar-refractivity contribution in [3.05, 3.63) is 35.9 Å². The Balaban J connectivity index is 1.92. The number of sulfone groups is 1. The zero-order chi connectivity index (χ0) is 16.2. The molecule has 1 atom stereocenters. The Hall–Kier alpha value is -1.69. The maximum absolute atomic E-state index is 12.3. The first-order valence-electron chi connectivity index (χ1n) is 7.51. The molecule has 0 aromatic heterocycles. The van der Waals surface area contributed by atoms with E-state index in [2.05, 4.69) is 0 Å². The van der Waals surface area contributed by atoms with E-state index in [1.54, 1.807) is 29.2 Å². The van der Waals surface area contributed by atoms with Crippen LogP contribution in [-0.4, -0.2) is 49.1 Å². The largest absolute Gasteiger partial charge is 0.339 e. The van der Waals surface area contributed by atoms with Gasteiger partial charge in [-0.2, -0.15) is 0 Å². The molecule has 1 heterocycles. The molecule has 5 nitrogen and oxygen atoms in total. The van der Waals surface area contributed by atoms with Gasteiger partial charge in [-0.25, -0.2) is 8.42 Å². The number of Topliss-reactive ketones (excluding diaryl/α,β-unsaturated/α-hetero) is 1. The molecule has 0 aliphatic carbocycles. The lowest BCUT2D eigenvalue weighted by Gasteiger charge is -2.26. The highest BCUT2D eigenvalue weighted by atomic mass is 32.2. The Bertz CT molecular complexity index is 639. The molecule has 1 fully saturated rings. The molecule has 22 heavy (non-hydrogen) atoms. The predicted octanol–water partition coefficient (Wildman–Crippen LogP) is 1.69. The van der Waals surface area contributed by atoms with Gasteiger partial charge in [0.2, 0.25) is 5.91 Å². The van der Waals surface area contributed by atoms with Crippen LogP contribution >= 0.6 is 0 Å². The summed E-state index contributed by atoms with van der Waals surface area (Å²) in [5.41, 5.74) is 0.599. The van der Waals surface area contributed by atoms with Gasteiger partial charge < -0.3 is 4.90 Å². The maximum Gasteiger partial charge on any atom is 0.223 e. The average Bonchev–Trinajstić information content (AvgIpc) is 2.86. The molecule has 2 rings (SSSR count). The Kier molecular flexibility index (Phi) is 5.34. The summed E-state index contributed by atoms with van der Waals surface area (Å²) in [5.74, 6) is -0.0261. The zero-order valence-corrected chi connectivity index (χ0v) is 13.5. The van der Waals surface area contributed by atoms with E-state index in [-0.39, 0.29) is 42.1 Å². The first-order chi connectivity index (χ1) is 10.4. The molecule has 1 aliphatic rings. The van der Waals surface area contributed by atoms with E-state index in [1.807, 2.05) is 13.0 Å². The summed E-state index contributed by atoms with van der Waals surface area (Å²) in [7, 11) is -3.02. The summed E-state index contributed by atoms with van der Waals surface area (Å²) in [6.07, 6.45) is 0.769. The van der Waals surface area contributed by atoms with Gasteiger partial charge in [0, 0.05) is 31.0 Å². The van der Waals surface area contributed by atoms with E-state index in [9.17, 15) is 18.0 Å². The molecule has 1 unspecified atom stereocenters. The van der Waals surface area contributed by atoms with Crippen LogP contribution < -0.4 is 0 Å². The molecular weight excluding hydrogens is 302 g/mol. The second kappa shape index (κ2) is 7.05. The standard InChI is InChI=1S/C16H21NO4S/c1-2-17(14-10-11-22(20,21)12-14)16(19)9-8-15(18)13-6-4-3-5-7-13/h3-7,14H,2,8-12H2,1H3. The van der Waals surface area contributed by atoms with Gasteiger partial charge in [-0.3, -0.25) is 9.59 Å². The number of carbonyl (C=O) groups excluding carboxylic acids is 2. The molecule has 1 saturated heterocycles. The van der Waals surface area contributed by atoms with E-state index >= 15 is 0 Å². The molecule has 1 aromatic carbocycles. The Morgan fingerprint density at radius 1 is 1.18 bits per heavy atom. The van der Waals surface area contributed by atoms with Gasteiger partial charge in [-0.15, -0.1) is 0 Å². The van der Waals surface area contributed by atoms with E-state index in [0.29, 0.717) is 18.5 Å². The predicted molar refractivity (Wildman–Crippen MR) is 84.5 cm³/mol. The monoisotopic (exact) mass is 323 g/mol. The number of nitrogens with zero attached hydrogens (tertiary/aromatic N) is 1. The second-order valence-corrected chi connectivity index (χ2v) is 7.75. The number of carbonyl (C=O) groups is 2. The highest BCUT2D eigenvalue weighted by Crippen LogP contribution is 2.19. The van der Waals surface area contributed by atoms with Crippen LogP contribution in [0.5, 0.6) is 0 Å². The van der Waals surface area contributed by atoms with Crippen LogP contribution in [0.4, 0.5) is 0 Å². The van der Waals surface area contributed by atoms with Gasteiger partial charge >= 0.3 is 0 Å². The van der Waals surface area contributed by atoms with E-state index in [1.165, 1.54) is 0 Å². The van der Waals surface area contributed by atoms with Crippen LogP contribution in [-0.2, 0) is 14.6 Å². The molecule has 0 spiro atoms. The minimum Gasteiger partial charge on any atom is -0.339 e. The molecule has 0 radical (unpaired) electrons. The molecule has 1 amide bonds. The SMILES string of the molecule is CCN(C(=O)CCC(=O)c1ccccc1)C1CCS(=O)(=O)C1. The fraction of sp³-hybridized carbons (Fsp3) is 0.500. The Morgan fingerprint density at radius 3 is 2.41 bits per heavy atom. The lowest BCUT2D eigenvalue weighted by atomic mass is 10.1. The van der Waals surface area contributed by atoms with E-state index in [0.717, 1.165) is 0 Å². The van der Waals surface area contributed by atoms with Crippen molar-refractivity contribution in [1.82, 2.24) is 4.90 Å². The van der Waals surface area contributed by atoms with Crippen molar-refractivity contribution in [3.63, 3.8) is 0 Å². The van der Waals surface area contributed by atoms with Crippen LogP contribution in [0.2, 0.25) is 0 Å². The minimum atomic E-state index is -3.02. The second-order valence-electron chi connectivity index (χ2n) is 5.53. The van der Waals surface area contributed by atoms with Gasteiger partial charge in [0.1, 0.15) is 0 Å². The summed E-state index contributed by atoms with van der Waals surface area (Å²) in [6, 6.07) is 8.63. The fourth-order valence-electron chi connectivity index (χ4n) is 2.79. The van der Waals surface area contributed by atoms with Crippen molar-refractivity contribution >= 4 is 21.5 Å². The highest BCUT2D eigenvalue weighted by Gasteiger charge is 2.33. The summed E-state index contributed by atoms with van der Waals surface area (Å²) in [4.78, 5) is 25.9. The quantitative estimate of drug-likeness (QED) is 0.747. The third-order valence-corrected chi connectivity index (χ3v) is 5.72. The Labute approximate surface area is 131 Å². The third-order valence-electron chi connectivity index (χ3n) is 3.97. The number of ketones is 1. The Morgan fingerprint density at radius 2 is 1.86 bits per heavy atom. The average molecular weight is 323 g/mol. The van der Waals surface area contributed by atoms with Gasteiger partial charge in [0.15, 0.2) is 15.6 Å². The van der Waals surface area contributed by atoms with E-state index < -0.39 is 9.84 Å². The molecule has 1 aromatic rings. The molecule has 0 saturated carbocycles. The summed E-state index contributed by atoms with van der Waals surface area (Å²) in [6.45, 7) is 2.31. The third kappa shape index (κ3) is 4.16. The lowest BCUT2D eigenvalue weighted by Crippen LogP contribution is -2.41. The van der Waals surface area contributed by atoms with Crippen LogP contribution in [0.25, 0.3) is 0 Å². The lowest BCUT2D eigenvalue weighted by molar-refractivity contribution is -0.132. The molecular formula is C16H21NO4S. The number of hydrogen-bond acceptors (Lipinski definition) is 4. The number of hydrogen-bond donors (Lipinski definition) is 0. The summed E-state index contributed by atoms with van der Waals surface area (Å²) in [5, 5.41) is 0. The molecule has 120 valence electrons. The van der Waals surface area contributed by atoms with Crippen molar-refractivity contribution in [2.75, 3.05) is 18.1 Å². The highest BCUT2D eigenvalue weighted by molar-refractivity contribution is 7.91. The normalized spacial score (nSPS) is 19.8. The number of amides is 1. The first kappa shape index (κ1) is 16.7. The first-order valence-corrected chi connectivity index (χ1v) is 9.33. The van der Waals surface area contributed by atoms with Gasteiger partial charge in [-0.1, -0.05) is 30.3 Å². The molecule has 0 bridgehead atoms. The maximum atomic E-state index is 12.3. The fourth-order valence-corrected chi connectivity index (χ4v) is 4.52. The molecule has 6 heteroatoms. The van der Waals surface area contributed by atoms with Gasteiger partial charge in [-0.05, 0) is 13.3 Å².